The lowest BCUT2D eigenvalue weighted by Gasteiger charge is -2.15. The molecular formula is C23H21FN4O4. The quantitative estimate of drug-likeness (QED) is 0.434. The molecular weight excluding hydrogens is 415 g/mol. The minimum Gasteiger partial charge on any atom is -0.464 e. The summed E-state index contributed by atoms with van der Waals surface area (Å²) in [5, 5.41) is 0. The van der Waals surface area contributed by atoms with Gasteiger partial charge in [0, 0.05) is 0 Å². The van der Waals surface area contributed by atoms with Gasteiger partial charge in [-0.05, 0) is 43.7 Å². The van der Waals surface area contributed by atoms with E-state index in [1.807, 2.05) is 18.2 Å². The summed E-state index contributed by atoms with van der Waals surface area (Å²) in [4.78, 5) is 43.4. The summed E-state index contributed by atoms with van der Waals surface area (Å²) < 4.78 is 22.3. The molecule has 0 spiro atoms. The normalized spacial score (nSPS) is 12.1. The van der Waals surface area contributed by atoms with Crippen molar-refractivity contribution in [2.24, 2.45) is 0 Å². The number of benzene rings is 2. The van der Waals surface area contributed by atoms with Crippen LogP contribution in [0.15, 0.2) is 70.5 Å². The first kappa shape index (κ1) is 21.2. The number of nitrogens with zero attached hydrogens (tertiary/aromatic N) is 4. The van der Waals surface area contributed by atoms with Gasteiger partial charge in [0.1, 0.15) is 11.9 Å². The molecule has 4 rings (SSSR count). The summed E-state index contributed by atoms with van der Waals surface area (Å²) in [6.07, 6.45) is 1.33. The molecule has 0 aliphatic carbocycles. The van der Waals surface area contributed by atoms with E-state index < -0.39 is 29.1 Å². The van der Waals surface area contributed by atoms with Crippen molar-refractivity contribution in [3.05, 3.63) is 93.1 Å². The minimum atomic E-state index is -0.836. The van der Waals surface area contributed by atoms with Gasteiger partial charge in [-0.25, -0.2) is 23.5 Å². The highest BCUT2D eigenvalue weighted by Gasteiger charge is 2.24. The van der Waals surface area contributed by atoms with E-state index in [2.05, 4.69) is 4.98 Å². The molecule has 2 aromatic carbocycles. The van der Waals surface area contributed by atoms with Crippen LogP contribution >= 0.6 is 0 Å². The van der Waals surface area contributed by atoms with Crippen LogP contribution in [0, 0.1) is 5.82 Å². The second kappa shape index (κ2) is 8.62. The molecule has 164 valence electrons. The van der Waals surface area contributed by atoms with Gasteiger partial charge in [-0.2, -0.15) is 0 Å². The second-order valence-electron chi connectivity index (χ2n) is 7.22. The van der Waals surface area contributed by atoms with E-state index in [-0.39, 0.29) is 24.3 Å². The van der Waals surface area contributed by atoms with Gasteiger partial charge in [-0.3, -0.25) is 9.36 Å². The van der Waals surface area contributed by atoms with Crippen LogP contribution in [-0.2, 0) is 16.1 Å². The predicted molar refractivity (Wildman–Crippen MR) is 116 cm³/mol. The Labute approximate surface area is 182 Å². The summed E-state index contributed by atoms with van der Waals surface area (Å²) in [5.74, 6) is -0.988. The molecule has 0 amide bonds. The van der Waals surface area contributed by atoms with E-state index in [4.69, 9.17) is 4.74 Å². The molecule has 4 aromatic rings. The highest BCUT2D eigenvalue weighted by Crippen LogP contribution is 2.18. The molecule has 8 nitrogen and oxygen atoms in total. The number of aromatic nitrogens is 4. The van der Waals surface area contributed by atoms with Gasteiger partial charge in [0.15, 0.2) is 11.2 Å². The van der Waals surface area contributed by atoms with Crippen molar-refractivity contribution in [3.8, 4) is 5.69 Å². The Hall–Kier alpha value is -4.01. The van der Waals surface area contributed by atoms with Crippen molar-refractivity contribution in [2.75, 3.05) is 6.61 Å². The second-order valence-corrected chi connectivity index (χ2v) is 7.22. The molecule has 0 bridgehead atoms. The molecule has 0 aliphatic heterocycles. The number of imidazole rings is 1. The third-order valence-corrected chi connectivity index (χ3v) is 5.17. The van der Waals surface area contributed by atoms with Crippen molar-refractivity contribution < 1.29 is 13.9 Å². The van der Waals surface area contributed by atoms with Crippen molar-refractivity contribution in [1.29, 1.82) is 0 Å². The van der Waals surface area contributed by atoms with Crippen molar-refractivity contribution in [3.63, 3.8) is 0 Å². The number of rotatable bonds is 6. The van der Waals surface area contributed by atoms with E-state index in [1.54, 1.807) is 26.0 Å². The summed E-state index contributed by atoms with van der Waals surface area (Å²) in [5.41, 5.74) is 0.0452. The Morgan fingerprint density at radius 3 is 2.44 bits per heavy atom. The van der Waals surface area contributed by atoms with Gasteiger partial charge >= 0.3 is 11.7 Å². The summed E-state index contributed by atoms with van der Waals surface area (Å²) in [7, 11) is 0. The number of ether oxygens (including phenoxy) is 1. The standard InChI is InChI=1S/C23H21FN4O4/c1-3-32-22(30)15(2)27-14-25-20-19(27)21(29)26(13-16-7-5-4-6-8-16)23(31)28(20)18-11-9-17(24)10-12-18/h4-12,14-15H,3,13H2,1-2H3/t15-/m1/s1. The van der Waals surface area contributed by atoms with Crippen LogP contribution in [0.25, 0.3) is 16.9 Å². The van der Waals surface area contributed by atoms with Crippen LogP contribution in [0.4, 0.5) is 4.39 Å². The van der Waals surface area contributed by atoms with E-state index >= 15 is 0 Å². The molecule has 0 radical (unpaired) electrons. The molecule has 32 heavy (non-hydrogen) atoms. The summed E-state index contributed by atoms with van der Waals surface area (Å²) in [6, 6.07) is 13.5. The number of hydrogen-bond donors (Lipinski definition) is 0. The van der Waals surface area contributed by atoms with Crippen LogP contribution in [-0.4, -0.2) is 31.3 Å². The lowest BCUT2D eigenvalue weighted by molar-refractivity contribution is -0.146. The lowest BCUT2D eigenvalue weighted by Crippen LogP contribution is -2.40. The van der Waals surface area contributed by atoms with Crippen LogP contribution in [0.3, 0.4) is 0 Å². The molecule has 0 aliphatic rings. The van der Waals surface area contributed by atoms with Gasteiger partial charge in [0.25, 0.3) is 5.56 Å². The molecule has 0 unspecified atom stereocenters. The fourth-order valence-electron chi connectivity index (χ4n) is 3.55. The SMILES string of the molecule is CCOC(=O)[C@@H](C)n1cnc2c1c(=O)n(Cc1ccccc1)c(=O)n2-c1ccc(F)cc1. The first-order valence-electron chi connectivity index (χ1n) is 10.1. The summed E-state index contributed by atoms with van der Waals surface area (Å²) >= 11 is 0. The first-order valence-corrected chi connectivity index (χ1v) is 10.1. The Balaban J connectivity index is 2.01. The summed E-state index contributed by atoms with van der Waals surface area (Å²) in [6.45, 7) is 3.49. The third kappa shape index (κ3) is 3.73. The monoisotopic (exact) mass is 436 g/mol. The number of fused-ring (bicyclic) bond motifs is 1. The molecule has 2 heterocycles. The van der Waals surface area contributed by atoms with Crippen molar-refractivity contribution in [1.82, 2.24) is 18.7 Å². The highest BCUT2D eigenvalue weighted by molar-refractivity contribution is 5.79. The molecule has 0 N–H and O–H groups in total. The van der Waals surface area contributed by atoms with E-state index in [0.29, 0.717) is 5.69 Å². The van der Waals surface area contributed by atoms with Gasteiger partial charge in [0.05, 0.1) is 25.2 Å². The zero-order valence-corrected chi connectivity index (χ0v) is 17.6. The van der Waals surface area contributed by atoms with Crippen LogP contribution in [0.1, 0.15) is 25.5 Å². The molecule has 0 saturated heterocycles. The zero-order valence-electron chi connectivity index (χ0n) is 17.6. The Morgan fingerprint density at radius 2 is 1.78 bits per heavy atom. The average Bonchev–Trinajstić information content (AvgIpc) is 3.23. The maximum atomic E-state index is 13.5. The van der Waals surface area contributed by atoms with Gasteiger partial charge < -0.3 is 9.30 Å². The highest BCUT2D eigenvalue weighted by atomic mass is 19.1. The Morgan fingerprint density at radius 1 is 1.09 bits per heavy atom. The van der Waals surface area contributed by atoms with Gasteiger partial charge in [-0.15, -0.1) is 0 Å². The smallest absolute Gasteiger partial charge is 0.337 e. The van der Waals surface area contributed by atoms with E-state index in [1.165, 1.54) is 39.7 Å². The predicted octanol–water partition coefficient (Wildman–Crippen LogP) is 2.66. The number of hydrogen-bond acceptors (Lipinski definition) is 5. The molecule has 2 aromatic heterocycles. The lowest BCUT2D eigenvalue weighted by atomic mass is 10.2. The molecule has 0 saturated carbocycles. The largest absolute Gasteiger partial charge is 0.464 e. The van der Waals surface area contributed by atoms with Crippen LogP contribution in [0.5, 0.6) is 0 Å². The fourth-order valence-corrected chi connectivity index (χ4v) is 3.55. The molecule has 1 atom stereocenters. The third-order valence-electron chi connectivity index (χ3n) is 5.17. The molecule has 9 heteroatoms. The van der Waals surface area contributed by atoms with Gasteiger partial charge in [0.2, 0.25) is 0 Å². The Kier molecular flexibility index (Phi) is 5.72. The molecule has 0 fully saturated rings. The first-order chi connectivity index (χ1) is 15.4. The van der Waals surface area contributed by atoms with Crippen LogP contribution < -0.4 is 11.2 Å². The van der Waals surface area contributed by atoms with Gasteiger partial charge in [-0.1, -0.05) is 30.3 Å². The maximum Gasteiger partial charge on any atom is 0.337 e. The zero-order chi connectivity index (χ0) is 22.8. The van der Waals surface area contributed by atoms with E-state index in [9.17, 15) is 18.8 Å². The number of carbonyl (C=O) groups excluding carboxylic acids is 1. The van der Waals surface area contributed by atoms with Crippen molar-refractivity contribution in [2.45, 2.75) is 26.4 Å². The topological polar surface area (TPSA) is 88.1 Å². The number of esters is 1. The average molecular weight is 436 g/mol. The number of carbonyl (C=O) groups is 1. The fraction of sp³-hybridized carbons (Fsp3) is 0.217. The Bertz CT molecular complexity index is 1390. The number of halogens is 1. The van der Waals surface area contributed by atoms with Crippen molar-refractivity contribution >= 4 is 17.1 Å². The maximum absolute atomic E-state index is 13.5. The van der Waals surface area contributed by atoms with Crippen LogP contribution in [0.2, 0.25) is 0 Å². The van der Waals surface area contributed by atoms with E-state index in [0.717, 1.165) is 10.1 Å². The minimum absolute atomic E-state index is 0.0224.